The molecule has 2 unspecified atom stereocenters. The fourth-order valence-electron chi connectivity index (χ4n) is 2.95. The minimum atomic E-state index is -0.889. The predicted octanol–water partition coefficient (Wildman–Crippen LogP) is 2.56. The molecule has 2 atom stereocenters. The van der Waals surface area contributed by atoms with Gasteiger partial charge in [0.05, 0.1) is 0 Å². The Balaban J connectivity index is 2.04. The molecule has 1 aromatic rings. The molecule has 0 saturated carbocycles. The summed E-state index contributed by atoms with van der Waals surface area (Å²) in [6.45, 7) is 4.62. The molecule has 1 aliphatic heterocycles. The predicted molar refractivity (Wildman–Crippen MR) is 76.6 cm³/mol. The third-order valence-corrected chi connectivity index (χ3v) is 4.06. The van der Waals surface area contributed by atoms with Crippen LogP contribution in [0.15, 0.2) is 24.3 Å². The van der Waals surface area contributed by atoms with Crippen LogP contribution in [0.5, 0.6) is 0 Å². The van der Waals surface area contributed by atoms with Crippen molar-refractivity contribution in [3.05, 3.63) is 35.4 Å². The lowest BCUT2D eigenvalue weighted by Crippen LogP contribution is -2.40. The summed E-state index contributed by atoms with van der Waals surface area (Å²) in [7, 11) is 0. The largest absolute Gasteiger partial charge is 0.480 e. The Labute approximate surface area is 119 Å². The highest BCUT2D eigenvalue weighted by molar-refractivity contribution is 5.84. The van der Waals surface area contributed by atoms with Crippen LogP contribution in [0.4, 0.5) is 0 Å². The van der Waals surface area contributed by atoms with Gasteiger partial charge < -0.3 is 10.0 Å². The van der Waals surface area contributed by atoms with Crippen LogP contribution >= 0.6 is 0 Å². The summed E-state index contributed by atoms with van der Waals surface area (Å²) in [4.78, 5) is 25.0. The summed E-state index contributed by atoms with van der Waals surface area (Å²) in [5, 5.41) is 9.13. The van der Waals surface area contributed by atoms with Crippen LogP contribution in [0, 0.1) is 6.92 Å². The van der Waals surface area contributed by atoms with E-state index in [1.54, 1.807) is 0 Å². The minimum absolute atomic E-state index is 0.0503. The van der Waals surface area contributed by atoms with E-state index < -0.39 is 12.0 Å². The maximum atomic E-state index is 12.3. The first-order valence-corrected chi connectivity index (χ1v) is 7.08. The molecule has 1 aliphatic rings. The van der Waals surface area contributed by atoms with Crippen molar-refractivity contribution in [1.82, 2.24) is 4.90 Å². The zero-order chi connectivity index (χ0) is 14.7. The van der Waals surface area contributed by atoms with Crippen LogP contribution in [-0.4, -0.2) is 34.5 Å². The summed E-state index contributed by atoms with van der Waals surface area (Å²) in [5.41, 5.74) is 2.33. The third-order valence-electron chi connectivity index (χ3n) is 4.06. The number of carboxylic acid groups (broad SMARTS) is 1. The first-order chi connectivity index (χ1) is 9.50. The number of nitrogens with zero attached hydrogens (tertiary/aromatic N) is 1. The van der Waals surface area contributed by atoms with Gasteiger partial charge in [0.2, 0.25) is 5.91 Å². The molecule has 0 aromatic heterocycles. The molecule has 1 amide bonds. The smallest absolute Gasteiger partial charge is 0.326 e. The van der Waals surface area contributed by atoms with E-state index in [9.17, 15) is 9.59 Å². The van der Waals surface area contributed by atoms with E-state index in [2.05, 4.69) is 0 Å². The molecule has 0 bridgehead atoms. The van der Waals surface area contributed by atoms with Gasteiger partial charge in [0, 0.05) is 13.0 Å². The van der Waals surface area contributed by atoms with Crippen molar-refractivity contribution in [3.63, 3.8) is 0 Å². The SMILES string of the molecule is Cc1ccccc1C(C)CC(=O)N1CCCC1C(=O)O. The molecule has 0 spiro atoms. The lowest BCUT2D eigenvalue weighted by molar-refractivity contribution is -0.148. The molecule has 1 aromatic carbocycles. The lowest BCUT2D eigenvalue weighted by Gasteiger charge is -2.23. The highest BCUT2D eigenvalue weighted by atomic mass is 16.4. The van der Waals surface area contributed by atoms with Gasteiger partial charge in [-0.3, -0.25) is 4.79 Å². The van der Waals surface area contributed by atoms with E-state index in [4.69, 9.17) is 5.11 Å². The van der Waals surface area contributed by atoms with Crippen LogP contribution in [0.3, 0.4) is 0 Å². The highest BCUT2D eigenvalue weighted by Crippen LogP contribution is 2.26. The van der Waals surface area contributed by atoms with Gasteiger partial charge in [-0.25, -0.2) is 4.79 Å². The van der Waals surface area contributed by atoms with E-state index in [0.717, 1.165) is 12.0 Å². The molecule has 20 heavy (non-hydrogen) atoms. The van der Waals surface area contributed by atoms with Crippen LogP contribution < -0.4 is 0 Å². The van der Waals surface area contributed by atoms with Crippen LogP contribution in [0.25, 0.3) is 0 Å². The zero-order valence-electron chi connectivity index (χ0n) is 12.0. The Morgan fingerprint density at radius 3 is 2.75 bits per heavy atom. The standard InChI is InChI=1S/C16H21NO3/c1-11-6-3-4-7-13(11)12(2)10-15(18)17-9-5-8-14(17)16(19)20/h3-4,6-7,12,14H,5,8-10H2,1-2H3,(H,19,20). The number of carboxylic acids is 1. The summed E-state index contributed by atoms with van der Waals surface area (Å²) >= 11 is 0. The van der Waals surface area contributed by atoms with Gasteiger partial charge in [-0.2, -0.15) is 0 Å². The Morgan fingerprint density at radius 2 is 2.10 bits per heavy atom. The Bertz CT molecular complexity index is 512. The molecule has 0 radical (unpaired) electrons. The second-order valence-corrected chi connectivity index (χ2v) is 5.55. The van der Waals surface area contributed by atoms with E-state index >= 15 is 0 Å². The van der Waals surface area contributed by atoms with Crippen molar-refractivity contribution < 1.29 is 14.7 Å². The molecule has 4 heteroatoms. The molecule has 2 rings (SSSR count). The van der Waals surface area contributed by atoms with Crippen molar-refractivity contribution in [2.24, 2.45) is 0 Å². The van der Waals surface area contributed by atoms with Gasteiger partial charge in [0.1, 0.15) is 6.04 Å². The van der Waals surface area contributed by atoms with Crippen LogP contribution in [0.2, 0.25) is 0 Å². The minimum Gasteiger partial charge on any atom is -0.480 e. The van der Waals surface area contributed by atoms with Gasteiger partial charge in [-0.1, -0.05) is 31.2 Å². The fourth-order valence-corrected chi connectivity index (χ4v) is 2.95. The zero-order valence-corrected chi connectivity index (χ0v) is 12.0. The maximum absolute atomic E-state index is 12.3. The van der Waals surface area contributed by atoms with Crippen molar-refractivity contribution >= 4 is 11.9 Å². The molecule has 108 valence electrons. The molecular formula is C16H21NO3. The average molecular weight is 275 g/mol. The number of benzene rings is 1. The van der Waals surface area contributed by atoms with Crippen molar-refractivity contribution in [2.45, 2.75) is 45.1 Å². The number of aliphatic carboxylic acids is 1. The molecule has 1 fully saturated rings. The Morgan fingerprint density at radius 1 is 1.40 bits per heavy atom. The Hall–Kier alpha value is -1.84. The van der Waals surface area contributed by atoms with Gasteiger partial charge in [-0.05, 0) is 36.8 Å². The van der Waals surface area contributed by atoms with Crippen LogP contribution in [-0.2, 0) is 9.59 Å². The van der Waals surface area contributed by atoms with Gasteiger partial charge in [0.25, 0.3) is 0 Å². The average Bonchev–Trinajstić information content (AvgIpc) is 2.88. The third kappa shape index (κ3) is 3.00. The number of carbonyl (C=O) groups is 2. The molecule has 1 N–H and O–H groups in total. The topological polar surface area (TPSA) is 57.6 Å². The number of aryl methyl sites for hydroxylation is 1. The lowest BCUT2D eigenvalue weighted by atomic mass is 9.93. The second-order valence-electron chi connectivity index (χ2n) is 5.55. The monoisotopic (exact) mass is 275 g/mol. The number of carbonyl (C=O) groups excluding carboxylic acids is 1. The van der Waals surface area contributed by atoms with Crippen molar-refractivity contribution in [3.8, 4) is 0 Å². The summed E-state index contributed by atoms with van der Waals surface area (Å²) in [5.74, 6) is -0.830. The fraction of sp³-hybridized carbons (Fsp3) is 0.500. The molecule has 4 nitrogen and oxygen atoms in total. The number of amides is 1. The number of rotatable bonds is 4. The van der Waals surface area contributed by atoms with E-state index in [1.807, 2.05) is 38.1 Å². The summed E-state index contributed by atoms with van der Waals surface area (Å²) in [6, 6.07) is 7.39. The van der Waals surface area contributed by atoms with E-state index in [-0.39, 0.29) is 11.8 Å². The number of hydrogen-bond donors (Lipinski definition) is 1. The van der Waals surface area contributed by atoms with Crippen molar-refractivity contribution in [2.75, 3.05) is 6.54 Å². The van der Waals surface area contributed by atoms with E-state index in [0.29, 0.717) is 19.4 Å². The first-order valence-electron chi connectivity index (χ1n) is 7.08. The van der Waals surface area contributed by atoms with Gasteiger partial charge >= 0.3 is 5.97 Å². The number of hydrogen-bond acceptors (Lipinski definition) is 2. The normalized spacial score (nSPS) is 19.9. The van der Waals surface area contributed by atoms with Gasteiger partial charge in [-0.15, -0.1) is 0 Å². The van der Waals surface area contributed by atoms with E-state index in [1.165, 1.54) is 10.5 Å². The molecule has 1 heterocycles. The molecule has 0 aliphatic carbocycles. The van der Waals surface area contributed by atoms with Crippen molar-refractivity contribution in [1.29, 1.82) is 0 Å². The van der Waals surface area contributed by atoms with Crippen LogP contribution in [0.1, 0.15) is 43.2 Å². The summed E-state index contributed by atoms with van der Waals surface area (Å²) in [6.07, 6.45) is 1.72. The number of likely N-dealkylation sites (tertiary alicyclic amines) is 1. The molecular weight excluding hydrogens is 254 g/mol. The highest BCUT2D eigenvalue weighted by Gasteiger charge is 2.34. The maximum Gasteiger partial charge on any atom is 0.326 e. The Kier molecular flexibility index (Phi) is 4.42. The second kappa shape index (κ2) is 6.07. The molecule has 1 saturated heterocycles. The van der Waals surface area contributed by atoms with Gasteiger partial charge in [0.15, 0.2) is 0 Å². The quantitative estimate of drug-likeness (QED) is 0.918. The first kappa shape index (κ1) is 14.6. The summed E-state index contributed by atoms with van der Waals surface area (Å²) < 4.78 is 0.